The van der Waals surface area contributed by atoms with Gasteiger partial charge < -0.3 is 20.9 Å². The summed E-state index contributed by atoms with van der Waals surface area (Å²) in [6.45, 7) is 0.178. The summed E-state index contributed by atoms with van der Waals surface area (Å²) in [6, 6.07) is 13.9. The summed E-state index contributed by atoms with van der Waals surface area (Å²) in [5.41, 5.74) is 8.10. The SMILES string of the molecule is CSCc1nc2ccccc2n1CC(=O)Nc1ccc(NC(N)=O)cc1. The first-order valence-electron chi connectivity index (χ1n) is 7.96. The molecule has 8 heteroatoms. The Balaban J connectivity index is 1.74. The maximum atomic E-state index is 12.5. The van der Waals surface area contributed by atoms with E-state index in [1.54, 1.807) is 36.0 Å². The lowest BCUT2D eigenvalue weighted by Gasteiger charge is -2.10. The van der Waals surface area contributed by atoms with Crippen LogP contribution in [0.25, 0.3) is 11.0 Å². The normalized spacial score (nSPS) is 10.7. The van der Waals surface area contributed by atoms with Crippen molar-refractivity contribution < 1.29 is 9.59 Å². The average Bonchev–Trinajstić information content (AvgIpc) is 2.94. The molecule has 26 heavy (non-hydrogen) atoms. The van der Waals surface area contributed by atoms with Crippen molar-refractivity contribution in [3.63, 3.8) is 0 Å². The second-order valence-corrected chi connectivity index (χ2v) is 6.52. The van der Waals surface area contributed by atoms with Crippen LogP contribution in [0.1, 0.15) is 5.82 Å². The topological polar surface area (TPSA) is 102 Å². The molecule has 3 amide bonds. The van der Waals surface area contributed by atoms with Crippen molar-refractivity contribution in [2.24, 2.45) is 5.73 Å². The molecule has 0 aliphatic carbocycles. The Morgan fingerprint density at radius 3 is 2.38 bits per heavy atom. The molecule has 0 unspecified atom stereocenters. The van der Waals surface area contributed by atoms with E-state index in [0.29, 0.717) is 11.4 Å². The Kier molecular flexibility index (Phi) is 5.43. The van der Waals surface area contributed by atoms with Crippen molar-refractivity contribution in [1.29, 1.82) is 0 Å². The van der Waals surface area contributed by atoms with Crippen LogP contribution in [0.3, 0.4) is 0 Å². The number of thioether (sulfide) groups is 1. The van der Waals surface area contributed by atoms with Crippen LogP contribution in [0.15, 0.2) is 48.5 Å². The number of nitrogens with zero attached hydrogens (tertiary/aromatic N) is 2. The lowest BCUT2D eigenvalue weighted by Crippen LogP contribution is -2.20. The van der Waals surface area contributed by atoms with Crippen molar-refractivity contribution in [1.82, 2.24) is 9.55 Å². The Labute approximate surface area is 155 Å². The third-order valence-electron chi connectivity index (χ3n) is 3.74. The van der Waals surface area contributed by atoms with Crippen LogP contribution in [-0.2, 0) is 17.1 Å². The van der Waals surface area contributed by atoms with Gasteiger partial charge >= 0.3 is 6.03 Å². The van der Waals surface area contributed by atoms with E-state index in [1.807, 2.05) is 35.1 Å². The van der Waals surface area contributed by atoms with Gasteiger partial charge in [0.15, 0.2) is 0 Å². The molecule has 0 atom stereocenters. The quantitative estimate of drug-likeness (QED) is 0.621. The Morgan fingerprint density at radius 2 is 1.73 bits per heavy atom. The van der Waals surface area contributed by atoms with E-state index in [2.05, 4.69) is 15.6 Å². The number of benzene rings is 2. The summed E-state index contributed by atoms with van der Waals surface area (Å²) in [5.74, 6) is 1.45. The van der Waals surface area contributed by atoms with Crippen LogP contribution in [0.2, 0.25) is 0 Å². The fourth-order valence-corrected chi connectivity index (χ4v) is 3.14. The first-order valence-corrected chi connectivity index (χ1v) is 9.35. The molecule has 0 fully saturated rings. The van der Waals surface area contributed by atoms with E-state index in [0.717, 1.165) is 22.6 Å². The number of hydrogen-bond acceptors (Lipinski definition) is 4. The highest BCUT2D eigenvalue weighted by Gasteiger charge is 2.13. The Hall–Kier alpha value is -3.00. The fraction of sp³-hybridized carbons (Fsp3) is 0.167. The number of fused-ring (bicyclic) bond motifs is 1. The second-order valence-electron chi connectivity index (χ2n) is 5.65. The van der Waals surface area contributed by atoms with Crippen molar-refractivity contribution in [2.45, 2.75) is 12.3 Å². The minimum absolute atomic E-state index is 0.147. The summed E-state index contributed by atoms with van der Waals surface area (Å²) in [5, 5.41) is 5.33. The first-order chi connectivity index (χ1) is 12.6. The van der Waals surface area contributed by atoms with Gasteiger partial charge in [0.1, 0.15) is 12.4 Å². The van der Waals surface area contributed by atoms with E-state index in [-0.39, 0.29) is 12.5 Å². The number of nitrogens with one attached hydrogen (secondary N) is 2. The summed E-state index contributed by atoms with van der Waals surface area (Å²) < 4.78 is 1.93. The number of para-hydroxylation sites is 2. The van der Waals surface area contributed by atoms with Gasteiger partial charge in [-0.05, 0) is 42.7 Å². The number of aromatic nitrogens is 2. The van der Waals surface area contributed by atoms with E-state index >= 15 is 0 Å². The third kappa shape index (κ3) is 4.15. The number of imidazole rings is 1. The molecular weight excluding hydrogens is 350 g/mol. The number of amides is 3. The van der Waals surface area contributed by atoms with Gasteiger partial charge in [0, 0.05) is 11.4 Å². The molecule has 0 aliphatic heterocycles. The molecular formula is C18H19N5O2S. The molecule has 134 valence electrons. The number of primary amides is 1. The highest BCUT2D eigenvalue weighted by atomic mass is 32.2. The Morgan fingerprint density at radius 1 is 1.08 bits per heavy atom. The molecule has 0 radical (unpaired) electrons. The fourth-order valence-electron chi connectivity index (χ4n) is 2.66. The molecule has 7 nitrogen and oxygen atoms in total. The van der Waals surface area contributed by atoms with Crippen molar-refractivity contribution in [2.75, 3.05) is 16.9 Å². The summed E-state index contributed by atoms with van der Waals surface area (Å²) in [4.78, 5) is 27.9. The van der Waals surface area contributed by atoms with Crippen LogP contribution >= 0.6 is 11.8 Å². The first kappa shape index (κ1) is 17.8. The summed E-state index contributed by atoms with van der Waals surface area (Å²) in [7, 11) is 0. The maximum absolute atomic E-state index is 12.5. The minimum atomic E-state index is -0.630. The van der Waals surface area contributed by atoms with Crippen molar-refractivity contribution in [3.05, 3.63) is 54.4 Å². The van der Waals surface area contributed by atoms with E-state index < -0.39 is 6.03 Å². The standard InChI is InChI=1S/C18H19N5O2S/c1-26-11-16-22-14-4-2-3-5-15(14)23(16)10-17(24)20-12-6-8-13(9-7-12)21-18(19)25/h2-9H,10-11H2,1H3,(H,20,24)(H3,19,21,25). The van der Waals surface area contributed by atoms with Crippen LogP contribution in [-0.4, -0.2) is 27.7 Å². The predicted molar refractivity (Wildman–Crippen MR) is 105 cm³/mol. The number of hydrogen-bond donors (Lipinski definition) is 3. The van der Waals surface area contributed by atoms with Gasteiger partial charge in [0.05, 0.1) is 16.8 Å². The number of nitrogens with two attached hydrogens (primary N) is 1. The van der Waals surface area contributed by atoms with Crippen LogP contribution in [0.4, 0.5) is 16.2 Å². The van der Waals surface area contributed by atoms with Crippen molar-refractivity contribution >= 4 is 46.1 Å². The number of carbonyl (C=O) groups excluding carboxylic acids is 2. The smallest absolute Gasteiger partial charge is 0.316 e. The molecule has 1 aromatic heterocycles. The predicted octanol–water partition coefficient (Wildman–Crippen LogP) is 3.03. The van der Waals surface area contributed by atoms with Gasteiger partial charge in [-0.15, -0.1) is 0 Å². The number of urea groups is 1. The van der Waals surface area contributed by atoms with E-state index in [9.17, 15) is 9.59 Å². The molecule has 0 bridgehead atoms. The average molecular weight is 369 g/mol. The van der Waals surface area contributed by atoms with Crippen LogP contribution in [0, 0.1) is 0 Å². The maximum Gasteiger partial charge on any atom is 0.316 e. The summed E-state index contributed by atoms with van der Waals surface area (Å²) >= 11 is 1.66. The zero-order chi connectivity index (χ0) is 18.5. The number of anilines is 2. The van der Waals surface area contributed by atoms with Gasteiger partial charge in [0.25, 0.3) is 0 Å². The molecule has 3 rings (SSSR count). The molecule has 3 aromatic rings. The lowest BCUT2D eigenvalue weighted by atomic mass is 10.2. The van der Waals surface area contributed by atoms with Gasteiger partial charge in [-0.3, -0.25) is 4.79 Å². The number of rotatable bonds is 6. The second kappa shape index (κ2) is 7.92. The largest absolute Gasteiger partial charge is 0.351 e. The summed E-state index contributed by atoms with van der Waals surface area (Å²) in [6.07, 6.45) is 2.01. The third-order valence-corrected chi connectivity index (χ3v) is 4.29. The molecule has 0 saturated heterocycles. The monoisotopic (exact) mass is 369 g/mol. The molecule has 0 spiro atoms. The zero-order valence-electron chi connectivity index (χ0n) is 14.2. The van der Waals surface area contributed by atoms with Crippen molar-refractivity contribution in [3.8, 4) is 0 Å². The van der Waals surface area contributed by atoms with Gasteiger partial charge in [-0.1, -0.05) is 12.1 Å². The molecule has 0 saturated carbocycles. The van der Waals surface area contributed by atoms with E-state index in [4.69, 9.17) is 5.73 Å². The molecule has 4 N–H and O–H groups in total. The molecule has 2 aromatic carbocycles. The van der Waals surface area contributed by atoms with Crippen LogP contribution < -0.4 is 16.4 Å². The highest BCUT2D eigenvalue weighted by molar-refractivity contribution is 7.97. The zero-order valence-corrected chi connectivity index (χ0v) is 15.0. The lowest BCUT2D eigenvalue weighted by molar-refractivity contribution is -0.116. The Bertz CT molecular complexity index is 936. The highest BCUT2D eigenvalue weighted by Crippen LogP contribution is 2.19. The van der Waals surface area contributed by atoms with Gasteiger partial charge in [-0.2, -0.15) is 11.8 Å². The van der Waals surface area contributed by atoms with Crippen LogP contribution in [0.5, 0.6) is 0 Å². The molecule has 1 heterocycles. The number of carbonyl (C=O) groups is 2. The van der Waals surface area contributed by atoms with Gasteiger partial charge in [0.2, 0.25) is 5.91 Å². The molecule has 0 aliphatic rings. The van der Waals surface area contributed by atoms with E-state index in [1.165, 1.54) is 0 Å². The van der Waals surface area contributed by atoms with Gasteiger partial charge in [-0.25, -0.2) is 9.78 Å². The minimum Gasteiger partial charge on any atom is -0.351 e.